The summed E-state index contributed by atoms with van der Waals surface area (Å²) >= 11 is 18.8. The number of carbonyl (C=O) groups excluding carboxylic acids is 2. The number of nitrogens with one attached hydrogen (secondary N) is 1. The van der Waals surface area contributed by atoms with Crippen LogP contribution < -0.4 is 5.32 Å². The molecule has 0 heterocycles. The van der Waals surface area contributed by atoms with Gasteiger partial charge in [-0.3, -0.25) is 9.59 Å². The Morgan fingerprint density at radius 2 is 1.60 bits per heavy atom. The monoisotopic (exact) mass is 530 g/mol. The Labute approximate surface area is 222 Å². The third-order valence-corrected chi connectivity index (χ3v) is 6.71. The van der Waals surface area contributed by atoms with E-state index in [1.165, 1.54) is 0 Å². The lowest BCUT2D eigenvalue weighted by molar-refractivity contribution is -0.140. The summed E-state index contributed by atoms with van der Waals surface area (Å²) in [5.41, 5.74) is 2.38. The van der Waals surface area contributed by atoms with E-state index in [4.69, 9.17) is 34.8 Å². The average Bonchev–Trinajstić information content (AvgIpc) is 2.84. The van der Waals surface area contributed by atoms with Gasteiger partial charge in [-0.2, -0.15) is 0 Å². The minimum Gasteiger partial charge on any atom is -0.354 e. The standard InChI is InChI=1S/C28H29Cl3N2O2/c1-2-3-15-32-28(35)26(16-20-9-5-4-6-10-20)33(19-22-11-7-8-12-24(22)30)27(34)17-21-13-14-23(29)18-25(21)31/h4-14,18,26H,2-3,15-17,19H2,1H3,(H,32,35)/t26-/m0/s1. The number of halogens is 3. The summed E-state index contributed by atoms with van der Waals surface area (Å²) in [5.74, 6) is -0.411. The van der Waals surface area contributed by atoms with Crippen molar-refractivity contribution in [2.75, 3.05) is 6.54 Å². The quantitative estimate of drug-likeness (QED) is 0.278. The zero-order valence-corrected chi connectivity index (χ0v) is 21.9. The molecule has 0 aromatic heterocycles. The maximum absolute atomic E-state index is 13.7. The molecule has 7 heteroatoms. The van der Waals surface area contributed by atoms with E-state index in [9.17, 15) is 9.59 Å². The number of hydrogen-bond acceptors (Lipinski definition) is 2. The molecule has 3 aromatic rings. The van der Waals surface area contributed by atoms with Crippen LogP contribution in [0.25, 0.3) is 0 Å². The Balaban J connectivity index is 1.97. The van der Waals surface area contributed by atoms with Gasteiger partial charge in [-0.05, 0) is 41.3 Å². The van der Waals surface area contributed by atoms with Crippen molar-refractivity contribution < 1.29 is 9.59 Å². The van der Waals surface area contributed by atoms with Crippen LogP contribution in [0, 0.1) is 0 Å². The number of hydrogen-bond donors (Lipinski definition) is 1. The van der Waals surface area contributed by atoms with E-state index in [0.29, 0.717) is 33.6 Å². The zero-order chi connectivity index (χ0) is 25.2. The molecule has 184 valence electrons. The normalized spacial score (nSPS) is 11.7. The fourth-order valence-corrected chi connectivity index (χ4v) is 4.47. The van der Waals surface area contributed by atoms with Crippen molar-refractivity contribution in [2.45, 2.75) is 45.2 Å². The molecule has 35 heavy (non-hydrogen) atoms. The molecule has 3 aromatic carbocycles. The average molecular weight is 532 g/mol. The largest absolute Gasteiger partial charge is 0.354 e. The molecular formula is C28H29Cl3N2O2. The van der Waals surface area contributed by atoms with E-state index in [0.717, 1.165) is 24.0 Å². The molecular weight excluding hydrogens is 503 g/mol. The molecule has 3 rings (SSSR count). The van der Waals surface area contributed by atoms with E-state index in [1.807, 2.05) is 48.5 Å². The molecule has 0 aliphatic rings. The third-order valence-electron chi connectivity index (χ3n) is 5.76. The van der Waals surface area contributed by atoms with Gasteiger partial charge in [0.2, 0.25) is 11.8 Å². The van der Waals surface area contributed by atoms with Gasteiger partial charge < -0.3 is 10.2 Å². The highest BCUT2D eigenvalue weighted by molar-refractivity contribution is 6.35. The molecule has 0 radical (unpaired) electrons. The van der Waals surface area contributed by atoms with Crippen molar-refractivity contribution in [3.63, 3.8) is 0 Å². The first-order valence-corrected chi connectivity index (χ1v) is 12.8. The van der Waals surface area contributed by atoms with Crippen LogP contribution in [0.4, 0.5) is 0 Å². The van der Waals surface area contributed by atoms with Crippen LogP contribution in [0.2, 0.25) is 15.1 Å². The Morgan fingerprint density at radius 3 is 2.29 bits per heavy atom. The SMILES string of the molecule is CCCCNC(=O)[C@H](Cc1ccccc1)N(Cc1ccccc1Cl)C(=O)Cc1ccc(Cl)cc1Cl. The van der Waals surface area contributed by atoms with Gasteiger partial charge in [-0.25, -0.2) is 0 Å². The van der Waals surface area contributed by atoms with Crippen molar-refractivity contribution in [2.24, 2.45) is 0 Å². The van der Waals surface area contributed by atoms with Crippen LogP contribution in [0.15, 0.2) is 72.8 Å². The van der Waals surface area contributed by atoms with Gasteiger partial charge in [0.25, 0.3) is 0 Å². The fraction of sp³-hybridized carbons (Fsp3) is 0.286. The summed E-state index contributed by atoms with van der Waals surface area (Å²) in [4.78, 5) is 28.8. The van der Waals surface area contributed by atoms with Gasteiger partial charge >= 0.3 is 0 Å². The highest BCUT2D eigenvalue weighted by Crippen LogP contribution is 2.25. The van der Waals surface area contributed by atoms with Crippen molar-refractivity contribution in [3.05, 3.63) is 105 Å². The van der Waals surface area contributed by atoms with Gasteiger partial charge in [0.15, 0.2) is 0 Å². The van der Waals surface area contributed by atoms with E-state index in [2.05, 4.69) is 12.2 Å². The first-order chi connectivity index (χ1) is 16.9. The van der Waals surface area contributed by atoms with Crippen LogP contribution in [-0.4, -0.2) is 29.3 Å². The summed E-state index contributed by atoms with van der Waals surface area (Å²) in [5, 5.41) is 4.46. The maximum atomic E-state index is 13.7. The first kappa shape index (κ1) is 27.1. The van der Waals surface area contributed by atoms with Crippen LogP contribution in [0.5, 0.6) is 0 Å². The Morgan fingerprint density at radius 1 is 0.886 bits per heavy atom. The Bertz CT molecular complexity index is 1140. The molecule has 2 amide bonds. The molecule has 0 bridgehead atoms. The van der Waals surface area contributed by atoms with Crippen molar-refractivity contribution in [3.8, 4) is 0 Å². The zero-order valence-electron chi connectivity index (χ0n) is 19.6. The van der Waals surface area contributed by atoms with E-state index in [-0.39, 0.29) is 24.8 Å². The second-order valence-corrected chi connectivity index (χ2v) is 9.63. The minimum atomic E-state index is -0.718. The smallest absolute Gasteiger partial charge is 0.243 e. The Kier molecular flexibility index (Phi) is 10.5. The van der Waals surface area contributed by atoms with Gasteiger partial charge in [0.1, 0.15) is 6.04 Å². The third kappa shape index (κ3) is 7.99. The van der Waals surface area contributed by atoms with E-state index < -0.39 is 6.04 Å². The lowest BCUT2D eigenvalue weighted by Crippen LogP contribution is -2.51. The number of amides is 2. The predicted molar refractivity (Wildman–Crippen MR) is 144 cm³/mol. The predicted octanol–water partition coefficient (Wildman–Crippen LogP) is 6.75. The summed E-state index contributed by atoms with van der Waals surface area (Å²) in [7, 11) is 0. The first-order valence-electron chi connectivity index (χ1n) is 11.7. The molecule has 4 nitrogen and oxygen atoms in total. The number of rotatable bonds is 11. The molecule has 0 saturated carbocycles. The van der Waals surface area contributed by atoms with Crippen LogP contribution >= 0.6 is 34.8 Å². The molecule has 0 unspecified atom stereocenters. The second kappa shape index (κ2) is 13.5. The van der Waals surface area contributed by atoms with Crippen LogP contribution in [0.3, 0.4) is 0 Å². The molecule has 0 aliphatic carbocycles. The van der Waals surface area contributed by atoms with Crippen molar-refractivity contribution >= 4 is 46.6 Å². The lowest BCUT2D eigenvalue weighted by Gasteiger charge is -2.32. The van der Waals surface area contributed by atoms with Crippen LogP contribution in [0.1, 0.15) is 36.5 Å². The number of unbranched alkanes of at least 4 members (excludes halogenated alkanes) is 1. The molecule has 1 N–H and O–H groups in total. The highest BCUT2D eigenvalue weighted by Gasteiger charge is 2.31. The topological polar surface area (TPSA) is 49.4 Å². The number of nitrogens with zero attached hydrogens (tertiary/aromatic N) is 1. The molecule has 0 aliphatic heterocycles. The van der Waals surface area contributed by atoms with Crippen molar-refractivity contribution in [1.29, 1.82) is 0 Å². The number of carbonyl (C=O) groups is 2. The summed E-state index contributed by atoms with van der Waals surface area (Å²) < 4.78 is 0. The summed E-state index contributed by atoms with van der Waals surface area (Å²) in [6, 6.07) is 21.4. The van der Waals surface area contributed by atoms with Crippen molar-refractivity contribution in [1.82, 2.24) is 10.2 Å². The minimum absolute atomic E-state index is 0.0357. The van der Waals surface area contributed by atoms with E-state index >= 15 is 0 Å². The lowest BCUT2D eigenvalue weighted by atomic mass is 10.0. The van der Waals surface area contributed by atoms with Crippen LogP contribution in [-0.2, 0) is 29.0 Å². The highest BCUT2D eigenvalue weighted by atomic mass is 35.5. The molecule has 0 spiro atoms. The summed E-state index contributed by atoms with van der Waals surface area (Å²) in [6.07, 6.45) is 2.24. The molecule has 0 saturated heterocycles. The van der Waals surface area contributed by atoms with E-state index in [1.54, 1.807) is 29.2 Å². The number of benzene rings is 3. The van der Waals surface area contributed by atoms with Gasteiger partial charge in [-0.15, -0.1) is 0 Å². The maximum Gasteiger partial charge on any atom is 0.243 e. The van der Waals surface area contributed by atoms with Gasteiger partial charge in [0.05, 0.1) is 6.42 Å². The second-order valence-electron chi connectivity index (χ2n) is 8.38. The Hall–Kier alpha value is -2.53. The van der Waals surface area contributed by atoms with Gasteiger partial charge in [0, 0.05) is 34.6 Å². The summed E-state index contributed by atoms with van der Waals surface area (Å²) in [6.45, 7) is 2.82. The fourth-order valence-electron chi connectivity index (χ4n) is 3.80. The molecule has 1 atom stereocenters. The molecule has 0 fully saturated rings. The van der Waals surface area contributed by atoms with Gasteiger partial charge in [-0.1, -0.05) is 103 Å².